The second-order valence-corrected chi connectivity index (χ2v) is 6.13. The van der Waals surface area contributed by atoms with E-state index in [1.807, 2.05) is 12.1 Å². The molecular formula is C14H17Cl2NO. The molecule has 4 heteroatoms. The summed E-state index contributed by atoms with van der Waals surface area (Å²) in [5.74, 6) is 1.41. The molecule has 1 aromatic rings. The maximum absolute atomic E-state index is 6.15. The maximum Gasteiger partial charge on any atom is 0.123 e. The van der Waals surface area contributed by atoms with Gasteiger partial charge in [-0.2, -0.15) is 0 Å². The second-order valence-electron chi connectivity index (χ2n) is 5.31. The number of ether oxygens (including phenoxy) is 1. The van der Waals surface area contributed by atoms with E-state index in [0.717, 1.165) is 5.75 Å². The highest BCUT2D eigenvalue weighted by molar-refractivity contribution is 6.42. The number of benzene rings is 1. The Bertz CT molecular complexity index is 451. The lowest BCUT2D eigenvalue weighted by molar-refractivity contribution is 0.348. The number of hydrogen-bond donors (Lipinski definition) is 1. The molecule has 2 nitrogen and oxygen atoms in total. The summed E-state index contributed by atoms with van der Waals surface area (Å²) in [6.45, 7) is 0. The van der Waals surface area contributed by atoms with E-state index in [1.54, 1.807) is 7.11 Å². The van der Waals surface area contributed by atoms with Gasteiger partial charge in [0.15, 0.2) is 0 Å². The first-order valence-electron chi connectivity index (χ1n) is 6.46. The fraction of sp³-hybridized carbons (Fsp3) is 0.571. The van der Waals surface area contributed by atoms with Gasteiger partial charge in [0.1, 0.15) is 5.75 Å². The van der Waals surface area contributed by atoms with Crippen molar-refractivity contribution >= 4 is 23.2 Å². The van der Waals surface area contributed by atoms with Crippen LogP contribution in [0.2, 0.25) is 10.0 Å². The molecule has 18 heavy (non-hydrogen) atoms. The van der Waals surface area contributed by atoms with Gasteiger partial charge in [-0.25, -0.2) is 0 Å². The van der Waals surface area contributed by atoms with Crippen LogP contribution in [0.25, 0.3) is 0 Å². The zero-order chi connectivity index (χ0) is 12.7. The average molecular weight is 286 g/mol. The van der Waals surface area contributed by atoms with E-state index >= 15 is 0 Å². The Kier molecular flexibility index (Phi) is 3.44. The van der Waals surface area contributed by atoms with E-state index in [1.165, 1.54) is 31.2 Å². The molecule has 1 aromatic carbocycles. The molecule has 3 atom stereocenters. The van der Waals surface area contributed by atoms with Crippen molar-refractivity contribution in [2.75, 3.05) is 7.11 Å². The number of hydrogen-bond acceptors (Lipinski definition) is 2. The van der Waals surface area contributed by atoms with E-state index in [2.05, 4.69) is 5.32 Å². The van der Waals surface area contributed by atoms with Gasteiger partial charge in [-0.05, 0) is 43.2 Å². The molecular weight excluding hydrogens is 269 g/mol. The van der Waals surface area contributed by atoms with Crippen LogP contribution in [0, 0.1) is 0 Å². The molecule has 0 aromatic heterocycles. The Labute approximate surface area is 118 Å². The van der Waals surface area contributed by atoms with Crippen molar-refractivity contribution in [3.8, 4) is 5.75 Å². The summed E-state index contributed by atoms with van der Waals surface area (Å²) >= 11 is 12.2. The molecule has 0 aliphatic carbocycles. The van der Waals surface area contributed by atoms with Crippen LogP contribution >= 0.6 is 23.2 Å². The third-order valence-corrected chi connectivity index (χ3v) is 4.91. The van der Waals surface area contributed by atoms with Crippen molar-refractivity contribution in [2.45, 2.75) is 43.7 Å². The fourth-order valence-electron chi connectivity index (χ4n) is 3.35. The van der Waals surface area contributed by atoms with Gasteiger partial charge in [0.05, 0.1) is 17.2 Å². The first-order valence-corrected chi connectivity index (χ1v) is 7.22. The highest BCUT2D eigenvalue weighted by Gasteiger charge is 2.35. The van der Waals surface area contributed by atoms with Crippen LogP contribution in [0.3, 0.4) is 0 Å². The number of piperidine rings is 1. The zero-order valence-corrected chi connectivity index (χ0v) is 11.9. The molecule has 1 N–H and O–H groups in total. The lowest BCUT2D eigenvalue weighted by atomic mass is 9.86. The fourth-order valence-corrected chi connectivity index (χ4v) is 3.68. The van der Waals surface area contributed by atoms with Gasteiger partial charge in [0.25, 0.3) is 0 Å². The van der Waals surface area contributed by atoms with Crippen LogP contribution in [0.15, 0.2) is 12.1 Å². The number of methoxy groups -OCH3 is 1. The molecule has 0 amide bonds. The maximum atomic E-state index is 6.15. The molecule has 2 fully saturated rings. The minimum absolute atomic E-state index is 0.536. The van der Waals surface area contributed by atoms with Crippen molar-refractivity contribution in [1.82, 2.24) is 5.32 Å². The van der Waals surface area contributed by atoms with Gasteiger partial charge in [0.2, 0.25) is 0 Å². The van der Waals surface area contributed by atoms with Gasteiger partial charge >= 0.3 is 0 Å². The van der Waals surface area contributed by atoms with Crippen LogP contribution in [0.5, 0.6) is 5.75 Å². The van der Waals surface area contributed by atoms with Crippen molar-refractivity contribution in [3.05, 3.63) is 27.7 Å². The molecule has 2 bridgehead atoms. The normalized spacial score (nSPS) is 30.5. The molecule has 2 heterocycles. The predicted octanol–water partition coefficient (Wildman–Crippen LogP) is 4.00. The summed E-state index contributed by atoms with van der Waals surface area (Å²) in [7, 11) is 1.69. The summed E-state index contributed by atoms with van der Waals surface area (Å²) in [5, 5.41) is 4.84. The van der Waals surface area contributed by atoms with E-state index in [9.17, 15) is 0 Å². The Morgan fingerprint density at radius 2 is 1.72 bits per heavy atom. The molecule has 0 saturated carbocycles. The summed E-state index contributed by atoms with van der Waals surface area (Å²) in [4.78, 5) is 0. The van der Waals surface area contributed by atoms with Gasteiger partial charge in [0, 0.05) is 18.2 Å². The van der Waals surface area contributed by atoms with Gasteiger partial charge in [-0.3, -0.25) is 0 Å². The largest absolute Gasteiger partial charge is 0.496 e. The van der Waals surface area contributed by atoms with Crippen LogP contribution < -0.4 is 10.1 Å². The summed E-state index contributed by atoms with van der Waals surface area (Å²) in [6, 6.07) is 5.14. The van der Waals surface area contributed by atoms with Crippen LogP contribution in [0.1, 0.15) is 37.2 Å². The van der Waals surface area contributed by atoms with Crippen molar-refractivity contribution in [3.63, 3.8) is 0 Å². The molecule has 98 valence electrons. The minimum atomic E-state index is 0.536. The standard InChI is InChI=1S/C14H17Cl2NO/c1-18-14-7-13(16)12(15)6-11(14)8-4-9-2-3-10(5-8)17-9/h6-10,17H,2-5H2,1H3/t8?,9-,10+. The predicted molar refractivity (Wildman–Crippen MR) is 74.9 cm³/mol. The third kappa shape index (κ3) is 2.22. The topological polar surface area (TPSA) is 21.3 Å². The van der Waals surface area contributed by atoms with Gasteiger partial charge < -0.3 is 10.1 Å². The number of nitrogens with one attached hydrogen (secondary N) is 1. The summed E-state index contributed by atoms with van der Waals surface area (Å²) in [6.07, 6.45) is 4.94. The van der Waals surface area contributed by atoms with Crippen molar-refractivity contribution in [2.24, 2.45) is 0 Å². The van der Waals surface area contributed by atoms with Crippen LogP contribution in [0.4, 0.5) is 0 Å². The van der Waals surface area contributed by atoms with Crippen molar-refractivity contribution < 1.29 is 4.74 Å². The molecule has 2 saturated heterocycles. The van der Waals surface area contributed by atoms with E-state index in [0.29, 0.717) is 28.0 Å². The quantitative estimate of drug-likeness (QED) is 0.887. The van der Waals surface area contributed by atoms with Gasteiger partial charge in [-0.15, -0.1) is 0 Å². The van der Waals surface area contributed by atoms with Gasteiger partial charge in [-0.1, -0.05) is 23.2 Å². The Balaban J connectivity index is 1.93. The SMILES string of the molecule is COc1cc(Cl)c(Cl)cc1C1C[C@H]2CC[C@@H](C1)N2. The first-order chi connectivity index (χ1) is 8.67. The molecule has 0 radical (unpaired) electrons. The van der Waals surface area contributed by atoms with Crippen LogP contribution in [-0.4, -0.2) is 19.2 Å². The minimum Gasteiger partial charge on any atom is -0.496 e. The smallest absolute Gasteiger partial charge is 0.123 e. The van der Waals surface area contributed by atoms with E-state index in [4.69, 9.17) is 27.9 Å². The Hall–Kier alpha value is -0.440. The summed E-state index contributed by atoms with van der Waals surface area (Å²) in [5.41, 5.74) is 1.21. The molecule has 1 unspecified atom stereocenters. The molecule has 2 aliphatic heterocycles. The first kappa shape index (κ1) is 12.6. The Morgan fingerprint density at radius 1 is 1.11 bits per heavy atom. The highest BCUT2D eigenvalue weighted by Crippen LogP contribution is 2.42. The number of halogens is 2. The Morgan fingerprint density at radius 3 is 2.33 bits per heavy atom. The van der Waals surface area contributed by atoms with Crippen LogP contribution in [-0.2, 0) is 0 Å². The monoisotopic (exact) mass is 285 g/mol. The molecule has 3 rings (SSSR count). The van der Waals surface area contributed by atoms with Crippen molar-refractivity contribution in [1.29, 1.82) is 0 Å². The highest BCUT2D eigenvalue weighted by atomic mass is 35.5. The second kappa shape index (κ2) is 4.92. The number of rotatable bonds is 2. The van der Waals surface area contributed by atoms with E-state index in [-0.39, 0.29) is 0 Å². The molecule has 2 aliphatic rings. The average Bonchev–Trinajstić information content (AvgIpc) is 2.71. The number of fused-ring (bicyclic) bond motifs is 2. The van der Waals surface area contributed by atoms with E-state index < -0.39 is 0 Å². The lowest BCUT2D eigenvalue weighted by Gasteiger charge is -2.30. The summed E-state index contributed by atoms with van der Waals surface area (Å²) < 4.78 is 5.46. The zero-order valence-electron chi connectivity index (χ0n) is 10.4. The molecule has 0 spiro atoms. The lowest BCUT2D eigenvalue weighted by Crippen LogP contribution is -2.37. The third-order valence-electron chi connectivity index (χ3n) is 4.19.